The van der Waals surface area contributed by atoms with Gasteiger partial charge in [0.2, 0.25) is 0 Å². The van der Waals surface area contributed by atoms with Crippen molar-refractivity contribution in [3.8, 4) is 11.5 Å². The first-order valence-corrected chi connectivity index (χ1v) is 5.12. The van der Waals surface area contributed by atoms with Crippen molar-refractivity contribution in [1.82, 2.24) is 5.48 Å². The molecular formula is C12H19NO3. The van der Waals surface area contributed by atoms with E-state index in [0.29, 0.717) is 6.54 Å². The highest BCUT2D eigenvalue weighted by molar-refractivity contribution is 5.53. The van der Waals surface area contributed by atoms with Crippen molar-refractivity contribution in [2.45, 2.75) is 20.4 Å². The second-order valence-electron chi connectivity index (χ2n) is 3.56. The van der Waals surface area contributed by atoms with Gasteiger partial charge in [0.05, 0.1) is 21.3 Å². The van der Waals surface area contributed by atoms with E-state index in [-0.39, 0.29) is 0 Å². The summed E-state index contributed by atoms with van der Waals surface area (Å²) in [4.78, 5) is 4.86. The molecular weight excluding hydrogens is 206 g/mol. The van der Waals surface area contributed by atoms with Crippen molar-refractivity contribution in [3.05, 3.63) is 22.8 Å². The SMILES string of the molecule is CONCc1c(C)cc(OC)c(C)c1OC. The Morgan fingerprint density at radius 3 is 2.31 bits per heavy atom. The number of hydrogen-bond donors (Lipinski definition) is 1. The molecule has 0 aliphatic carbocycles. The van der Waals surface area contributed by atoms with E-state index in [1.807, 2.05) is 19.9 Å². The van der Waals surface area contributed by atoms with Gasteiger partial charge in [0.15, 0.2) is 0 Å². The number of methoxy groups -OCH3 is 2. The summed E-state index contributed by atoms with van der Waals surface area (Å²) in [5, 5.41) is 0. The van der Waals surface area contributed by atoms with Crippen LogP contribution in [0.4, 0.5) is 0 Å². The average Bonchev–Trinajstić information content (AvgIpc) is 2.29. The maximum absolute atomic E-state index is 5.42. The smallest absolute Gasteiger partial charge is 0.130 e. The number of aryl methyl sites for hydroxylation is 1. The molecule has 16 heavy (non-hydrogen) atoms. The van der Waals surface area contributed by atoms with Crippen LogP contribution in [0.15, 0.2) is 6.07 Å². The average molecular weight is 225 g/mol. The monoisotopic (exact) mass is 225 g/mol. The number of rotatable bonds is 5. The third-order valence-corrected chi connectivity index (χ3v) is 2.63. The van der Waals surface area contributed by atoms with E-state index in [1.165, 1.54) is 0 Å². The predicted molar refractivity (Wildman–Crippen MR) is 62.9 cm³/mol. The molecule has 0 aliphatic rings. The Balaban J connectivity index is 3.20. The van der Waals surface area contributed by atoms with Gasteiger partial charge in [-0.2, -0.15) is 5.48 Å². The number of nitrogens with one attached hydrogen (secondary N) is 1. The summed E-state index contributed by atoms with van der Waals surface area (Å²) in [5.41, 5.74) is 6.03. The third-order valence-electron chi connectivity index (χ3n) is 2.63. The number of hydroxylamine groups is 1. The summed E-state index contributed by atoms with van der Waals surface area (Å²) in [5.74, 6) is 1.69. The first-order valence-electron chi connectivity index (χ1n) is 5.12. The molecule has 0 radical (unpaired) electrons. The van der Waals surface area contributed by atoms with Gasteiger partial charge in [-0.1, -0.05) is 0 Å². The lowest BCUT2D eigenvalue weighted by Gasteiger charge is -2.17. The van der Waals surface area contributed by atoms with E-state index in [9.17, 15) is 0 Å². The molecule has 4 nitrogen and oxygen atoms in total. The number of hydrogen-bond acceptors (Lipinski definition) is 4. The molecule has 0 aromatic heterocycles. The Kier molecular flexibility index (Phi) is 4.58. The van der Waals surface area contributed by atoms with Gasteiger partial charge in [-0.15, -0.1) is 0 Å². The normalized spacial score (nSPS) is 10.3. The fraction of sp³-hybridized carbons (Fsp3) is 0.500. The van der Waals surface area contributed by atoms with Gasteiger partial charge in [-0.3, -0.25) is 0 Å². The number of ether oxygens (including phenoxy) is 2. The van der Waals surface area contributed by atoms with Gasteiger partial charge in [0.1, 0.15) is 11.5 Å². The van der Waals surface area contributed by atoms with Crippen molar-refractivity contribution in [3.63, 3.8) is 0 Å². The fourth-order valence-electron chi connectivity index (χ4n) is 1.76. The van der Waals surface area contributed by atoms with Crippen molar-refractivity contribution in [1.29, 1.82) is 0 Å². The van der Waals surface area contributed by atoms with Crippen molar-refractivity contribution >= 4 is 0 Å². The third kappa shape index (κ3) is 2.46. The summed E-state index contributed by atoms with van der Waals surface area (Å²) >= 11 is 0. The first-order chi connectivity index (χ1) is 7.65. The zero-order valence-corrected chi connectivity index (χ0v) is 10.5. The maximum atomic E-state index is 5.42. The Bertz CT molecular complexity index is 364. The van der Waals surface area contributed by atoms with Gasteiger partial charge in [-0.25, -0.2) is 0 Å². The zero-order chi connectivity index (χ0) is 12.1. The summed E-state index contributed by atoms with van der Waals surface area (Å²) in [7, 11) is 4.92. The van der Waals surface area contributed by atoms with Crippen LogP contribution in [0.1, 0.15) is 16.7 Å². The molecule has 0 saturated carbocycles. The topological polar surface area (TPSA) is 39.7 Å². The van der Waals surface area contributed by atoms with Gasteiger partial charge < -0.3 is 14.3 Å². The maximum Gasteiger partial charge on any atom is 0.130 e. The number of benzene rings is 1. The molecule has 1 N–H and O–H groups in total. The summed E-state index contributed by atoms with van der Waals surface area (Å²) in [6.45, 7) is 4.61. The molecule has 0 bridgehead atoms. The van der Waals surface area contributed by atoms with E-state index < -0.39 is 0 Å². The Morgan fingerprint density at radius 2 is 1.81 bits per heavy atom. The first kappa shape index (κ1) is 12.8. The Morgan fingerprint density at radius 1 is 1.12 bits per heavy atom. The lowest BCUT2D eigenvalue weighted by Crippen LogP contribution is -2.13. The van der Waals surface area contributed by atoms with Crippen LogP contribution in [0.3, 0.4) is 0 Å². The van der Waals surface area contributed by atoms with E-state index in [4.69, 9.17) is 14.3 Å². The van der Waals surface area contributed by atoms with Crippen LogP contribution in [0.2, 0.25) is 0 Å². The molecule has 0 heterocycles. The van der Waals surface area contributed by atoms with Crippen LogP contribution in [0, 0.1) is 13.8 Å². The summed E-state index contributed by atoms with van der Waals surface area (Å²) in [6.07, 6.45) is 0. The minimum Gasteiger partial charge on any atom is -0.496 e. The lowest BCUT2D eigenvalue weighted by atomic mass is 10.0. The van der Waals surface area contributed by atoms with Crippen molar-refractivity contribution in [2.24, 2.45) is 0 Å². The van der Waals surface area contributed by atoms with Gasteiger partial charge in [0, 0.05) is 17.7 Å². The summed E-state index contributed by atoms with van der Waals surface area (Å²) in [6, 6.07) is 2.00. The highest BCUT2D eigenvalue weighted by Crippen LogP contribution is 2.33. The van der Waals surface area contributed by atoms with E-state index >= 15 is 0 Å². The molecule has 0 aliphatic heterocycles. The molecule has 90 valence electrons. The summed E-state index contributed by atoms with van der Waals surface area (Å²) < 4.78 is 10.7. The van der Waals surface area contributed by atoms with Crippen LogP contribution in [0.5, 0.6) is 11.5 Å². The minimum atomic E-state index is 0.607. The van der Waals surface area contributed by atoms with Gasteiger partial charge in [0.25, 0.3) is 0 Å². The molecule has 0 fully saturated rings. The molecule has 0 spiro atoms. The Hall–Kier alpha value is -1.26. The standard InChI is InChI=1S/C12H19NO3/c1-8-6-11(14-3)9(2)12(15-4)10(8)7-13-16-5/h6,13H,7H2,1-5H3. The van der Waals surface area contributed by atoms with Gasteiger partial charge >= 0.3 is 0 Å². The van der Waals surface area contributed by atoms with E-state index in [1.54, 1.807) is 21.3 Å². The molecule has 0 atom stereocenters. The highest BCUT2D eigenvalue weighted by atomic mass is 16.6. The molecule has 4 heteroatoms. The molecule has 0 amide bonds. The van der Waals surface area contributed by atoms with Crippen LogP contribution in [0.25, 0.3) is 0 Å². The van der Waals surface area contributed by atoms with Gasteiger partial charge in [-0.05, 0) is 25.5 Å². The van der Waals surface area contributed by atoms with Crippen LogP contribution < -0.4 is 15.0 Å². The van der Waals surface area contributed by atoms with Crippen LogP contribution in [-0.2, 0) is 11.4 Å². The second-order valence-corrected chi connectivity index (χ2v) is 3.56. The van der Waals surface area contributed by atoms with Crippen molar-refractivity contribution in [2.75, 3.05) is 21.3 Å². The van der Waals surface area contributed by atoms with Crippen LogP contribution >= 0.6 is 0 Å². The molecule has 1 aromatic carbocycles. The molecule has 0 unspecified atom stereocenters. The largest absolute Gasteiger partial charge is 0.496 e. The Labute approximate surface area is 96.5 Å². The lowest BCUT2D eigenvalue weighted by molar-refractivity contribution is 0.0859. The predicted octanol–water partition coefficient (Wildman–Crippen LogP) is 1.97. The highest BCUT2D eigenvalue weighted by Gasteiger charge is 2.14. The zero-order valence-electron chi connectivity index (χ0n) is 10.5. The molecule has 0 saturated heterocycles. The second kappa shape index (κ2) is 5.72. The quantitative estimate of drug-likeness (QED) is 0.778. The van der Waals surface area contributed by atoms with Crippen molar-refractivity contribution < 1.29 is 14.3 Å². The van der Waals surface area contributed by atoms with Crippen LogP contribution in [-0.4, -0.2) is 21.3 Å². The van der Waals surface area contributed by atoms with E-state index in [2.05, 4.69) is 5.48 Å². The minimum absolute atomic E-state index is 0.607. The molecule has 1 rings (SSSR count). The van der Waals surface area contributed by atoms with E-state index in [0.717, 1.165) is 28.2 Å². The molecule has 1 aromatic rings. The fourth-order valence-corrected chi connectivity index (χ4v) is 1.76.